The number of nitrogens with zero attached hydrogens (tertiary/aromatic N) is 1. The lowest BCUT2D eigenvalue weighted by Crippen LogP contribution is -2.30. The predicted octanol–water partition coefficient (Wildman–Crippen LogP) is 2.27. The number of carbonyl (C=O) groups excluding carboxylic acids is 1. The molecular weight excluding hydrogens is 262 g/mol. The number of nitrogens with one attached hydrogen (secondary N) is 2. The largest absolute Gasteiger partial charge is 0.360 e. The van der Waals surface area contributed by atoms with Crippen molar-refractivity contribution in [3.05, 3.63) is 47.4 Å². The number of H-pyrrole nitrogens is 1. The molecule has 0 saturated carbocycles. The van der Waals surface area contributed by atoms with Gasteiger partial charge in [0.05, 0.1) is 10.5 Å². The summed E-state index contributed by atoms with van der Waals surface area (Å²) in [6.45, 7) is 3.81. The van der Waals surface area contributed by atoms with Crippen molar-refractivity contribution in [1.82, 2.24) is 15.2 Å². The highest BCUT2D eigenvalue weighted by atomic mass is 35.5. The zero-order valence-corrected chi connectivity index (χ0v) is 11.3. The molecule has 19 heavy (non-hydrogen) atoms. The van der Waals surface area contributed by atoms with Crippen LogP contribution in [0.2, 0.25) is 5.02 Å². The molecule has 4 nitrogen and oxygen atoms in total. The number of hydrogen-bond acceptors (Lipinski definition) is 2. The second kappa shape index (κ2) is 4.31. The van der Waals surface area contributed by atoms with E-state index >= 15 is 0 Å². The second-order valence-corrected chi connectivity index (χ2v) is 5.13. The average molecular weight is 276 g/mol. The zero-order chi connectivity index (χ0) is 13.6. The quantitative estimate of drug-likeness (QED) is 0.883. The van der Waals surface area contributed by atoms with Gasteiger partial charge in [-0.05, 0) is 11.6 Å². The Morgan fingerprint density at radius 1 is 1.47 bits per heavy atom. The fourth-order valence-electron chi connectivity index (χ4n) is 2.43. The SMILES string of the molecule is C=C1NC(Cc2c[nH]c3c(Cl)cccc23)C(=O)N1C. The highest BCUT2D eigenvalue weighted by Gasteiger charge is 2.31. The number of benzene rings is 1. The summed E-state index contributed by atoms with van der Waals surface area (Å²) in [5.41, 5.74) is 1.99. The summed E-state index contributed by atoms with van der Waals surface area (Å²) in [6.07, 6.45) is 2.52. The first-order valence-electron chi connectivity index (χ1n) is 6.05. The van der Waals surface area contributed by atoms with E-state index in [-0.39, 0.29) is 11.9 Å². The van der Waals surface area contributed by atoms with E-state index in [1.807, 2.05) is 24.4 Å². The Kier molecular flexibility index (Phi) is 2.75. The fraction of sp³-hybridized carbons (Fsp3) is 0.214. The number of hydrogen-bond donors (Lipinski definition) is 2. The third-order valence-corrected chi connectivity index (χ3v) is 3.86. The maximum atomic E-state index is 12.0. The summed E-state index contributed by atoms with van der Waals surface area (Å²) in [5, 5.41) is 4.85. The molecule has 0 radical (unpaired) electrons. The van der Waals surface area contributed by atoms with Crippen LogP contribution in [0, 0.1) is 0 Å². The van der Waals surface area contributed by atoms with Gasteiger partial charge >= 0.3 is 0 Å². The summed E-state index contributed by atoms with van der Waals surface area (Å²) in [7, 11) is 1.73. The van der Waals surface area contributed by atoms with Crippen LogP contribution in [0.15, 0.2) is 36.8 Å². The molecule has 1 aliphatic heterocycles. The van der Waals surface area contributed by atoms with Gasteiger partial charge in [0.25, 0.3) is 5.91 Å². The summed E-state index contributed by atoms with van der Waals surface area (Å²) in [4.78, 5) is 16.7. The number of aromatic nitrogens is 1. The Morgan fingerprint density at radius 2 is 2.26 bits per heavy atom. The number of para-hydroxylation sites is 1. The van der Waals surface area contributed by atoms with Crippen LogP contribution in [0.5, 0.6) is 0 Å². The maximum absolute atomic E-state index is 12.0. The van der Waals surface area contributed by atoms with Crippen molar-refractivity contribution in [2.45, 2.75) is 12.5 Å². The van der Waals surface area contributed by atoms with Gasteiger partial charge in [0.1, 0.15) is 11.9 Å². The molecule has 1 aliphatic rings. The van der Waals surface area contributed by atoms with Crippen molar-refractivity contribution in [3.8, 4) is 0 Å². The number of carbonyl (C=O) groups is 1. The van der Waals surface area contributed by atoms with Crippen molar-refractivity contribution in [2.24, 2.45) is 0 Å². The lowest BCUT2D eigenvalue weighted by Gasteiger charge is -2.07. The third-order valence-electron chi connectivity index (χ3n) is 3.55. The monoisotopic (exact) mass is 275 g/mol. The van der Waals surface area contributed by atoms with E-state index in [1.165, 1.54) is 0 Å². The van der Waals surface area contributed by atoms with E-state index in [1.54, 1.807) is 11.9 Å². The molecule has 0 aliphatic carbocycles. The van der Waals surface area contributed by atoms with Crippen molar-refractivity contribution in [2.75, 3.05) is 7.05 Å². The van der Waals surface area contributed by atoms with Crippen LogP contribution < -0.4 is 5.32 Å². The van der Waals surface area contributed by atoms with Gasteiger partial charge in [-0.3, -0.25) is 4.79 Å². The zero-order valence-electron chi connectivity index (χ0n) is 10.5. The average Bonchev–Trinajstić information content (AvgIpc) is 2.90. The molecule has 1 fully saturated rings. The minimum atomic E-state index is -0.254. The molecule has 3 rings (SSSR count). The fourth-order valence-corrected chi connectivity index (χ4v) is 2.66. The molecular formula is C14H14ClN3O. The van der Waals surface area contributed by atoms with Crippen molar-refractivity contribution in [1.29, 1.82) is 0 Å². The molecule has 2 aromatic rings. The van der Waals surface area contributed by atoms with E-state index in [4.69, 9.17) is 11.6 Å². The summed E-state index contributed by atoms with van der Waals surface area (Å²) in [6, 6.07) is 5.51. The van der Waals surface area contributed by atoms with Crippen molar-refractivity contribution < 1.29 is 4.79 Å². The summed E-state index contributed by atoms with van der Waals surface area (Å²) < 4.78 is 0. The van der Waals surface area contributed by atoms with Gasteiger partial charge in [0.2, 0.25) is 0 Å². The molecule has 1 aromatic heterocycles. The van der Waals surface area contributed by atoms with Crippen LogP contribution in [-0.4, -0.2) is 28.9 Å². The van der Waals surface area contributed by atoms with E-state index in [0.29, 0.717) is 17.3 Å². The van der Waals surface area contributed by atoms with Gasteiger partial charge in [-0.15, -0.1) is 0 Å². The normalized spacial score (nSPS) is 19.3. The highest BCUT2D eigenvalue weighted by Crippen LogP contribution is 2.26. The highest BCUT2D eigenvalue weighted by molar-refractivity contribution is 6.35. The second-order valence-electron chi connectivity index (χ2n) is 4.72. The number of likely N-dealkylation sites (N-methyl/N-ethyl adjacent to an activating group) is 1. The van der Waals surface area contributed by atoms with Crippen LogP contribution in [0.4, 0.5) is 0 Å². The Morgan fingerprint density at radius 3 is 2.95 bits per heavy atom. The molecule has 0 bridgehead atoms. The van der Waals surface area contributed by atoms with E-state index in [0.717, 1.165) is 16.5 Å². The minimum Gasteiger partial charge on any atom is -0.360 e. The number of halogens is 1. The smallest absolute Gasteiger partial charge is 0.250 e. The number of amides is 1. The van der Waals surface area contributed by atoms with Gasteiger partial charge < -0.3 is 15.2 Å². The molecule has 1 atom stereocenters. The van der Waals surface area contributed by atoms with E-state index in [9.17, 15) is 4.79 Å². The Bertz CT molecular complexity index is 676. The van der Waals surface area contributed by atoms with Gasteiger partial charge in [-0.1, -0.05) is 30.3 Å². The summed E-state index contributed by atoms with van der Waals surface area (Å²) in [5.74, 6) is 0.689. The maximum Gasteiger partial charge on any atom is 0.250 e. The molecule has 5 heteroatoms. The van der Waals surface area contributed by atoms with E-state index in [2.05, 4.69) is 16.9 Å². The van der Waals surface area contributed by atoms with Gasteiger partial charge in [0.15, 0.2) is 0 Å². The van der Waals surface area contributed by atoms with Crippen molar-refractivity contribution in [3.63, 3.8) is 0 Å². The van der Waals surface area contributed by atoms with Crippen LogP contribution in [-0.2, 0) is 11.2 Å². The topological polar surface area (TPSA) is 48.1 Å². The lowest BCUT2D eigenvalue weighted by molar-refractivity contribution is -0.127. The third kappa shape index (κ3) is 1.88. The predicted molar refractivity (Wildman–Crippen MR) is 75.8 cm³/mol. The first-order valence-corrected chi connectivity index (χ1v) is 6.43. The van der Waals surface area contributed by atoms with E-state index < -0.39 is 0 Å². The first-order chi connectivity index (χ1) is 9.08. The van der Waals surface area contributed by atoms with Gasteiger partial charge in [-0.25, -0.2) is 0 Å². The molecule has 1 aromatic carbocycles. The van der Waals surface area contributed by atoms with Crippen molar-refractivity contribution >= 4 is 28.4 Å². The number of rotatable bonds is 2. The molecule has 2 N–H and O–H groups in total. The molecule has 2 heterocycles. The Hall–Kier alpha value is -1.94. The number of aromatic amines is 1. The minimum absolute atomic E-state index is 0.0429. The Labute approximate surface area is 116 Å². The molecule has 1 amide bonds. The Balaban J connectivity index is 1.93. The molecule has 1 saturated heterocycles. The van der Waals surface area contributed by atoms with Crippen LogP contribution in [0.1, 0.15) is 5.56 Å². The van der Waals surface area contributed by atoms with Gasteiger partial charge in [-0.2, -0.15) is 0 Å². The van der Waals surface area contributed by atoms with Crippen LogP contribution >= 0.6 is 11.6 Å². The molecule has 0 spiro atoms. The van der Waals surface area contributed by atoms with Gasteiger partial charge in [0, 0.05) is 25.1 Å². The standard InChI is InChI=1S/C14H14ClN3O/c1-8-17-12(14(19)18(8)2)6-9-7-16-13-10(9)4-3-5-11(13)15/h3-5,7,12,16-17H,1,6H2,2H3. The summed E-state index contributed by atoms with van der Waals surface area (Å²) >= 11 is 6.13. The number of fused-ring (bicyclic) bond motifs is 1. The van der Waals surface area contributed by atoms with Crippen LogP contribution in [0.25, 0.3) is 10.9 Å². The first kappa shape index (κ1) is 12.1. The van der Waals surface area contributed by atoms with Crippen LogP contribution in [0.3, 0.4) is 0 Å². The molecule has 98 valence electrons. The lowest BCUT2D eigenvalue weighted by atomic mass is 10.1. The molecule has 1 unspecified atom stereocenters.